The number of hydrogen-bond acceptors (Lipinski definition) is 10. The number of hydrazone groups is 1. The van der Waals surface area contributed by atoms with Crippen LogP contribution in [0.15, 0.2) is 76.9 Å². The van der Waals surface area contributed by atoms with Crippen molar-refractivity contribution in [3.8, 4) is 0 Å². The first-order valence-electron chi connectivity index (χ1n) is 13.2. The lowest BCUT2D eigenvalue weighted by Gasteiger charge is -2.15. The Balaban J connectivity index is 1.39. The van der Waals surface area contributed by atoms with Crippen LogP contribution >= 0.6 is 0 Å². The highest BCUT2D eigenvalue weighted by Gasteiger charge is 2.15. The second-order valence-corrected chi connectivity index (χ2v) is 11.1. The number of carbonyl (C=O) groups is 3. The van der Waals surface area contributed by atoms with Crippen LogP contribution in [-0.4, -0.2) is 61.0 Å². The second-order valence-electron chi connectivity index (χ2n) is 9.75. The molecule has 1 atom stereocenters. The van der Waals surface area contributed by atoms with Crippen molar-refractivity contribution in [3.05, 3.63) is 83.6 Å². The lowest BCUT2D eigenvalue weighted by Crippen LogP contribution is -2.43. The SMILES string of the molecule is CC(C)C[C@H](N)C(=O)NNc1ccc(C(=O)NCCNC(=O)c2ccc(N/N=C/c3ccccc3S(=O)(=O)O)nc2)cc1. The van der Waals surface area contributed by atoms with E-state index in [4.69, 9.17) is 5.73 Å². The summed E-state index contributed by atoms with van der Waals surface area (Å²) in [4.78, 5) is 40.6. The molecule has 2 aromatic carbocycles. The van der Waals surface area contributed by atoms with Crippen LogP contribution in [0.25, 0.3) is 0 Å². The molecule has 0 unspecified atom stereocenters. The van der Waals surface area contributed by atoms with Crippen LogP contribution in [0.5, 0.6) is 0 Å². The number of rotatable bonds is 14. The maximum atomic E-state index is 12.4. The van der Waals surface area contributed by atoms with Gasteiger partial charge in [0.15, 0.2) is 0 Å². The van der Waals surface area contributed by atoms with E-state index in [9.17, 15) is 27.4 Å². The summed E-state index contributed by atoms with van der Waals surface area (Å²) in [6, 6.07) is 14.7. The van der Waals surface area contributed by atoms with Crippen LogP contribution in [0.3, 0.4) is 0 Å². The van der Waals surface area contributed by atoms with Gasteiger partial charge >= 0.3 is 0 Å². The standard InChI is InChI=1S/C28H34N8O6S/c1-18(2)15-23(29)28(39)36-34-22-10-7-19(8-11-22)26(37)30-13-14-31-27(38)21-9-12-25(32-16-21)35-33-17-20-5-3-4-6-24(20)43(40,41)42/h3-12,16-18,23,34H,13-15,29H2,1-2H3,(H,30,37)(H,31,38)(H,32,35)(H,36,39)(H,40,41,42)/b33-17+/t23-/m0/s1. The minimum atomic E-state index is -4.40. The number of hydrazine groups is 1. The number of aromatic nitrogens is 1. The Hall–Kier alpha value is -4.86. The first kappa shape index (κ1) is 32.7. The molecule has 3 rings (SSSR count). The first-order valence-corrected chi connectivity index (χ1v) is 14.7. The average molecular weight is 611 g/mol. The van der Waals surface area contributed by atoms with E-state index in [1.54, 1.807) is 30.3 Å². The number of pyridine rings is 1. The number of nitrogens with one attached hydrogen (secondary N) is 5. The fraction of sp³-hybridized carbons (Fsp3) is 0.250. The van der Waals surface area contributed by atoms with Crippen molar-refractivity contribution < 1.29 is 27.4 Å². The summed E-state index contributed by atoms with van der Waals surface area (Å²) in [5, 5.41) is 9.31. The van der Waals surface area contributed by atoms with Crippen molar-refractivity contribution in [1.29, 1.82) is 0 Å². The van der Waals surface area contributed by atoms with Gasteiger partial charge in [-0.3, -0.25) is 35.2 Å². The van der Waals surface area contributed by atoms with Gasteiger partial charge in [0.05, 0.1) is 23.5 Å². The maximum absolute atomic E-state index is 12.4. The predicted octanol–water partition coefficient (Wildman–Crippen LogP) is 1.75. The lowest BCUT2D eigenvalue weighted by atomic mass is 10.0. The summed E-state index contributed by atoms with van der Waals surface area (Å²) in [5.41, 5.74) is 15.2. The van der Waals surface area contributed by atoms with Crippen molar-refractivity contribution in [1.82, 2.24) is 21.0 Å². The minimum absolute atomic E-state index is 0.171. The fourth-order valence-electron chi connectivity index (χ4n) is 3.69. The number of benzene rings is 2. The predicted molar refractivity (Wildman–Crippen MR) is 162 cm³/mol. The Labute approximate surface area is 249 Å². The molecule has 1 aromatic heterocycles. The molecule has 0 radical (unpaired) electrons. The van der Waals surface area contributed by atoms with Gasteiger partial charge in [0.2, 0.25) is 0 Å². The Kier molecular flexibility index (Phi) is 11.7. The van der Waals surface area contributed by atoms with Crippen LogP contribution < -0.4 is 32.6 Å². The monoisotopic (exact) mass is 610 g/mol. The molecule has 1 heterocycles. The molecule has 15 heteroatoms. The second kappa shape index (κ2) is 15.4. The molecular weight excluding hydrogens is 576 g/mol. The number of nitrogens with two attached hydrogens (primary N) is 1. The van der Waals surface area contributed by atoms with Crippen LogP contribution in [0.4, 0.5) is 11.5 Å². The molecular formula is C28H34N8O6S. The third-order valence-corrected chi connectivity index (χ3v) is 6.77. The highest BCUT2D eigenvalue weighted by Crippen LogP contribution is 2.13. The molecule has 8 N–H and O–H groups in total. The van der Waals surface area contributed by atoms with E-state index in [-0.39, 0.29) is 40.9 Å². The third kappa shape index (κ3) is 10.5. The van der Waals surface area contributed by atoms with Gasteiger partial charge in [0.25, 0.3) is 27.8 Å². The summed E-state index contributed by atoms with van der Waals surface area (Å²) in [7, 11) is -4.40. The summed E-state index contributed by atoms with van der Waals surface area (Å²) >= 11 is 0. The lowest BCUT2D eigenvalue weighted by molar-refractivity contribution is -0.122. The molecule has 0 saturated heterocycles. The van der Waals surface area contributed by atoms with E-state index < -0.39 is 22.1 Å². The first-order chi connectivity index (χ1) is 20.4. The van der Waals surface area contributed by atoms with Gasteiger partial charge in [0, 0.05) is 30.4 Å². The Morgan fingerprint density at radius 3 is 2.19 bits per heavy atom. The maximum Gasteiger partial charge on any atom is 0.295 e. The molecule has 3 amide bonds. The average Bonchev–Trinajstić information content (AvgIpc) is 2.98. The molecule has 3 aromatic rings. The van der Waals surface area contributed by atoms with Gasteiger partial charge in [-0.25, -0.2) is 4.98 Å². The summed E-state index contributed by atoms with van der Waals surface area (Å²) in [6.45, 7) is 4.32. The summed E-state index contributed by atoms with van der Waals surface area (Å²) in [6.07, 6.45) is 3.11. The Morgan fingerprint density at radius 1 is 0.953 bits per heavy atom. The molecule has 0 aliphatic rings. The Morgan fingerprint density at radius 2 is 1.58 bits per heavy atom. The van der Waals surface area contributed by atoms with Crippen LogP contribution in [0.1, 0.15) is 46.5 Å². The van der Waals surface area contributed by atoms with E-state index in [1.165, 1.54) is 42.7 Å². The quantitative estimate of drug-likeness (QED) is 0.0607. The zero-order valence-electron chi connectivity index (χ0n) is 23.6. The van der Waals surface area contributed by atoms with E-state index in [2.05, 4.69) is 37.0 Å². The fourth-order valence-corrected chi connectivity index (χ4v) is 4.36. The largest absolute Gasteiger partial charge is 0.350 e. The highest BCUT2D eigenvalue weighted by atomic mass is 32.2. The molecule has 0 bridgehead atoms. The Bertz CT molecular complexity index is 1540. The van der Waals surface area contributed by atoms with E-state index in [1.807, 2.05) is 13.8 Å². The summed E-state index contributed by atoms with van der Waals surface area (Å²) in [5.74, 6) is -0.470. The van der Waals surface area contributed by atoms with E-state index in [0.29, 0.717) is 29.4 Å². The number of anilines is 2. The highest BCUT2D eigenvalue weighted by molar-refractivity contribution is 7.86. The smallest absolute Gasteiger partial charge is 0.295 e. The zero-order chi connectivity index (χ0) is 31.4. The number of amides is 3. The van der Waals surface area contributed by atoms with Crippen molar-refractivity contribution in [2.45, 2.75) is 31.2 Å². The molecule has 0 aliphatic carbocycles. The minimum Gasteiger partial charge on any atom is -0.350 e. The van der Waals surface area contributed by atoms with Crippen molar-refractivity contribution in [3.63, 3.8) is 0 Å². The van der Waals surface area contributed by atoms with E-state index in [0.717, 1.165) is 0 Å². The van der Waals surface area contributed by atoms with Gasteiger partial charge in [-0.1, -0.05) is 32.0 Å². The molecule has 43 heavy (non-hydrogen) atoms. The zero-order valence-corrected chi connectivity index (χ0v) is 24.4. The molecule has 0 aliphatic heterocycles. The molecule has 14 nitrogen and oxygen atoms in total. The normalized spacial score (nSPS) is 12.0. The van der Waals surface area contributed by atoms with Gasteiger partial charge in [-0.15, -0.1) is 0 Å². The van der Waals surface area contributed by atoms with Crippen LogP contribution in [-0.2, 0) is 14.9 Å². The van der Waals surface area contributed by atoms with Gasteiger partial charge in [0.1, 0.15) is 10.7 Å². The van der Waals surface area contributed by atoms with Crippen molar-refractivity contribution in [2.75, 3.05) is 23.9 Å². The van der Waals surface area contributed by atoms with Crippen molar-refractivity contribution in [2.24, 2.45) is 16.8 Å². The van der Waals surface area contributed by atoms with Gasteiger partial charge in [-0.05, 0) is 54.8 Å². The van der Waals surface area contributed by atoms with Gasteiger partial charge < -0.3 is 16.4 Å². The van der Waals surface area contributed by atoms with Crippen LogP contribution in [0, 0.1) is 5.92 Å². The van der Waals surface area contributed by atoms with Crippen LogP contribution in [0.2, 0.25) is 0 Å². The summed E-state index contributed by atoms with van der Waals surface area (Å²) < 4.78 is 32.2. The molecule has 0 spiro atoms. The molecule has 228 valence electrons. The number of nitrogens with zero attached hydrogens (tertiary/aromatic N) is 2. The molecule has 0 fully saturated rings. The van der Waals surface area contributed by atoms with E-state index >= 15 is 0 Å². The molecule has 0 saturated carbocycles. The van der Waals surface area contributed by atoms with Gasteiger partial charge in [-0.2, -0.15) is 13.5 Å². The topological polar surface area (TPSA) is 217 Å². The third-order valence-electron chi connectivity index (χ3n) is 5.84. The van der Waals surface area contributed by atoms with Crippen molar-refractivity contribution >= 4 is 45.6 Å². The number of hydrogen-bond donors (Lipinski definition) is 7. The number of carbonyl (C=O) groups excluding carboxylic acids is 3.